The number of hydrogen-bond acceptors (Lipinski definition) is 7. The Bertz CT molecular complexity index is 669. The highest BCUT2D eigenvalue weighted by Crippen LogP contribution is 2.35. The predicted molar refractivity (Wildman–Crippen MR) is 96.4 cm³/mol. The first kappa shape index (κ1) is 17.3. The SMILES string of the molecule is COCc1nc(NCCCc2nc(C)cs2)cc(C2CC(N)C2)n1. The summed E-state index contributed by atoms with van der Waals surface area (Å²) in [5, 5.41) is 6.71. The van der Waals surface area contributed by atoms with Gasteiger partial charge in [-0.2, -0.15) is 0 Å². The maximum absolute atomic E-state index is 5.91. The third kappa shape index (κ3) is 4.49. The Morgan fingerprint density at radius 3 is 2.83 bits per heavy atom. The van der Waals surface area contributed by atoms with Gasteiger partial charge in [-0.05, 0) is 26.2 Å². The summed E-state index contributed by atoms with van der Waals surface area (Å²) < 4.78 is 5.19. The zero-order valence-corrected chi connectivity index (χ0v) is 15.1. The Morgan fingerprint density at radius 2 is 2.17 bits per heavy atom. The summed E-state index contributed by atoms with van der Waals surface area (Å²) in [6.45, 7) is 3.33. The van der Waals surface area contributed by atoms with E-state index < -0.39 is 0 Å². The zero-order chi connectivity index (χ0) is 16.9. The Hall–Kier alpha value is -1.57. The largest absolute Gasteiger partial charge is 0.377 e. The number of rotatable bonds is 8. The summed E-state index contributed by atoms with van der Waals surface area (Å²) in [4.78, 5) is 13.7. The van der Waals surface area contributed by atoms with Gasteiger partial charge in [-0.15, -0.1) is 11.3 Å². The fourth-order valence-corrected chi connectivity index (χ4v) is 3.71. The second-order valence-corrected chi connectivity index (χ2v) is 7.31. The number of hydrogen-bond donors (Lipinski definition) is 2. The molecule has 0 amide bonds. The molecular formula is C17H25N5OS. The van der Waals surface area contributed by atoms with Crippen LogP contribution >= 0.6 is 11.3 Å². The normalized spacial score (nSPS) is 20.0. The molecule has 3 rings (SSSR count). The summed E-state index contributed by atoms with van der Waals surface area (Å²) in [6, 6.07) is 2.37. The summed E-state index contributed by atoms with van der Waals surface area (Å²) >= 11 is 1.73. The molecule has 0 bridgehead atoms. The van der Waals surface area contributed by atoms with Gasteiger partial charge in [0.2, 0.25) is 0 Å². The summed E-state index contributed by atoms with van der Waals surface area (Å²) in [5.41, 5.74) is 8.09. The first-order valence-corrected chi connectivity index (χ1v) is 9.29. The van der Waals surface area contributed by atoms with Gasteiger partial charge in [0.25, 0.3) is 0 Å². The smallest absolute Gasteiger partial charge is 0.156 e. The molecule has 3 N–H and O–H groups in total. The lowest BCUT2D eigenvalue weighted by molar-refractivity contribution is 0.177. The van der Waals surface area contributed by atoms with E-state index in [1.54, 1.807) is 18.4 Å². The number of aryl methyl sites for hydroxylation is 2. The number of nitrogens with two attached hydrogens (primary N) is 1. The molecule has 0 atom stereocenters. The van der Waals surface area contributed by atoms with Crippen molar-refractivity contribution in [2.24, 2.45) is 5.73 Å². The van der Waals surface area contributed by atoms with Crippen LogP contribution in [0.3, 0.4) is 0 Å². The topological polar surface area (TPSA) is 86.0 Å². The van der Waals surface area contributed by atoms with Crippen molar-refractivity contribution in [3.8, 4) is 0 Å². The van der Waals surface area contributed by atoms with E-state index in [0.717, 1.165) is 55.3 Å². The lowest BCUT2D eigenvalue weighted by Gasteiger charge is -2.32. The fourth-order valence-electron chi connectivity index (χ4n) is 2.89. The Kier molecular flexibility index (Phi) is 5.76. The van der Waals surface area contributed by atoms with Crippen molar-refractivity contribution < 1.29 is 4.74 Å². The standard InChI is InChI=1S/C17H25N5OS/c1-11-10-24-17(20-11)4-3-5-19-15-8-14(12-6-13(18)7-12)21-16(22-15)9-23-2/h8,10,12-13H,3-7,9,18H2,1-2H3,(H,19,21,22). The lowest BCUT2D eigenvalue weighted by atomic mass is 9.78. The molecule has 6 nitrogen and oxygen atoms in total. The van der Waals surface area contributed by atoms with Crippen LogP contribution in [0.5, 0.6) is 0 Å². The van der Waals surface area contributed by atoms with E-state index in [-0.39, 0.29) is 0 Å². The van der Waals surface area contributed by atoms with Gasteiger partial charge in [0.15, 0.2) is 5.82 Å². The van der Waals surface area contributed by atoms with Gasteiger partial charge in [-0.1, -0.05) is 0 Å². The van der Waals surface area contributed by atoms with Crippen LogP contribution < -0.4 is 11.1 Å². The van der Waals surface area contributed by atoms with Crippen molar-refractivity contribution in [2.75, 3.05) is 19.0 Å². The van der Waals surface area contributed by atoms with Crippen LogP contribution in [0.2, 0.25) is 0 Å². The number of thiazole rings is 1. The molecule has 24 heavy (non-hydrogen) atoms. The maximum atomic E-state index is 5.91. The number of methoxy groups -OCH3 is 1. The van der Waals surface area contributed by atoms with Gasteiger partial charge in [0.05, 0.1) is 5.01 Å². The van der Waals surface area contributed by atoms with Gasteiger partial charge in [0, 0.05) is 54.9 Å². The van der Waals surface area contributed by atoms with Crippen molar-refractivity contribution in [2.45, 2.75) is 51.2 Å². The van der Waals surface area contributed by atoms with Crippen molar-refractivity contribution >= 4 is 17.2 Å². The molecule has 1 fully saturated rings. The molecule has 0 saturated heterocycles. The Labute approximate surface area is 146 Å². The Balaban J connectivity index is 1.57. The van der Waals surface area contributed by atoms with Crippen LogP contribution in [0.4, 0.5) is 5.82 Å². The summed E-state index contributed by atoms with van der Waals surface area (Å²) in [5.74, 6) is 2.06. The molecule has 0 spiro atoms. The number of nitrogens with zero attached hydrogens (tertiary/aromatic N) is 3. The highest BCUT2D eigenvalue weighted by Gasteiger charge is 2.29. The molecule has 0 aliphatic heterocycles. The molecule has 1 aliphatic carbocycles. The second-order valence-electron chi connectivity index (χ2n) is 6.37. The first-order chi connectivity index (χ1) is 11.6. The van der Waals surface area contributed by atoms with Crippen molar-refractivity contribution in [1.29, 1.82) is 0 Å². The van der Waals surface area contributed by atoms with Crippen molar-refractivity contribution in [1.82, 2.24) is 15.0 Å². The molecule has 0 aromatic carbocycles. The average molecular weight is 347 g/mol. The third-order valence-electron chi connectivity index (χ3n) is 4.20. The number of ether oxygens (including phenoxy) is 1. The van der Waals surface area contributed by atoms with Crippen LogP contribution in [0.25, 0.3) is 0 Å². The molecule has 0 radical (unpaired) electrons. The molecule has 7 heteroatoms. The van der Waals surface area contributed by atoms with Crippen LogP contribution in [-0.4, -0.2) is 34.6 Å². The predicted octanol–water partition coefficient (Wildman–Crippen LogP) is 2.64. The average Bonchev–Trinajstić information content (AvgIpc) is 2.94. The molecule has 130 valence electrons. The van der Waals surface area contributed by atoms with Crippen LogP contribution in [0, 0.1) is 6.92 Å². The molecule has 2 heterocycles. The highest BCUT2D eigenvalue weighted by molar-refractivity contribution is 7.09. The molecule has 1 saturated carbocycles. The minimum atomic E-state index is 0.314. The van der Waals surface area contributed by atoms with E-state index in [2.05, 4.69) is 31.7 Å². The molecule has 0 unspecified atom stereocenters. The number of aromatic nitrogens is 3. The van der Waals surface area contributed by atoms with E-state index in [1.807, 2.05) is 6.92 Å². The number of anilines is 1. The van der Waals surface area contributed by atoms with E-state index in [1.165, 1.54) is 5.01 Å². The monoisotopic (exact) mass is 347 g/mol. The minimum Gasteiger partial charge on any atom is -0.377 e. The first-order valence-electron chi connectivity index (χ1n) is 8.41. The van der Waals surface area contributed by atoms with E-state index in [9.17, 15) is 0 Å². The molecular weight excluding hydrogens is 322 g/mol. The highest BCUT2D eigenvalue weighted by atomic mass is 32.1. The van der Waals surface area contributed by atoms with Gasteiger partial charge >= 0.3 is 0 Å². The second kappa shape index (κ2) is 8.00. The quantitative estimate of drug-likeness (QED) is 0.714. The van der Waals surface area contributed by atoms with Gasteiger partial charge in [0.1, 0.15) is 12.4 Å². The minimum absolute atomic E-state index is 0.314. The van der Waals surface area contributed by atoms with Gasteiger partial charge in [-0.25, -0.2) is 15.0 Å². The molecule has 1 aliphatic rings. The number of nitrogens with one attached hydrogen (secondary N) is 1. The summed E-state index contributed by atoms with van der Waals surface area (Å²) in [7, 11) is 1.67. The maximum Gasteiger partial charge on any atom is 0.156 e. The van der Waals surface area contributed by atoms with E-state index in [4.69, 9.17) is 10.5 Å². The van der Waals surface area contributed by atoms with Crippen LogP contribution in [0.15, 0.2) is 11.4 Å². The van der Waals surface area contributed by atoms with Gasteiger partial charge in [-0.3, -0.25) is 0 Å². The van der Waals surface area contributed by atoms with Crippen molar-refractivity contribution in [3.63, 3.8) is 0 Å². The van der Waals surface area contributed by atoms with Crippen LogP contribution in [-0.2, 0) is 17.8 Å². The fraction of sp³-hybridized carbons (Fsp3) is 0.588. The van der Waals surface area contributed by atoms with Crippen molar-refractivity contribution in [3.05, 3.63) is 33.7 Å². The van der Waals surface area contributed by atoms with Crippen LogP contribution in [0.1, 0.15) is 47.4 Å². The Morgan fingerprint density at radius 1 is 1.33 bits per heavy atom. The zero-order valence-electron chi connectivity index (χ0n) is 14.3. The third-order valence-corrected chi connectivity index (χ3v) is 5.23. The summed E-state index contributed by atoms with van der Waals surface area (Å²) in [6.07, 6.45) is 4.03. The van der Waals surface area contributed by atoms with E-state index >= 15 is 0 Å². The van der Waals surface area contributed by atoms with E-state index in [0.29, 0.717) is 18.6 Å². The molecule has 2 aromatic heterocycles. The lowest BCUT2D eigenvalue weighted by Crippen LogP contribution is -2.35. The van der Waals surface area contributed by atoms with Gasteiger partial charge < -0.3 is 15.8 Å². The molecule has 2 aromatic rings.